The quantitative estimate of drug-likeness (QED) is 0.745. The van der Waals surface area contributed by atoms with E-state index in [2.05, 4.69) is 37.5 Å². The molecule has 4 rings (SSSR count). The Kier molecular flexibility index (Phi) is 5.75. The van der Waals surface area contributed by atoms with E-state index in [9.17, 15) is 4.79 Å². The maximum Gasteiger partial charge on any atom is 0.254 e. The van der Waals surface area contributed by atoms with Crippen molar-refractivity contribution in [3.8, 4) is 11.5 Å². The standard InChI is InChI=1S/C25H32N4O3/c1-24(2,3)28-23-25(27-19-10-7-6-9-18(19)26-23)13-8-14-29(16-25)22(30)17-11-12-20(31-4)21(15-17)32-5/h6-7,9-12,15,27H,8,13-14,16H2,1-5H3,(H,26,28). The molecule has 0 aliphatic carbocycles. The molecule has 32 heavy (non-hydrogen) atoms. The summed E-state index contributed by atoms with van der Waals surface area (Å²) in [6.07, 6.45) is 1.76. The first-order valence-corrected chi connectivity index (χ1v) is 11.0. The highest BCUT2D eigenvalue weighted by atomic mass is 16.5. The van der Waals surface area contributed by atoms with Crippen molar-refractivity contribution in [1.29, 1.82) is 0 Å². The number of amides is 1. The Balaban J connectivity index is 1.68. The first-order valence-electron chi connectivity index (χ1n) is 11.0. The van der Waals surface area contributed by atoms with Crippen LogP contribution in [0.2, 0.25) is 0 Å². The number of aliphatic imine (C=N–C) groups is 1. The van der Waals surface area contributed by atoms with Gasteiger partial charge in [-0.15, -0.1) is 0 Å². The van der Waals surface area contributed by atoms with Gasteiger partial charge in [-0.3, -0.25) is 9.79 Å². The van der Waals surface area contributed by atoms with E-state index in [0.29, 0.717) is 30.2 Å². The number of nitrogens with one attached hydrogen (secondary N) is 2. The molecule has 1 saturated heterocycles. The third-order valence-electron chi connectivity index (χ3n) is 5.86. The van der Waals surface area contributed by atoms with Crippen molar-refractivity contribution in [1.82, 2.24) is 4.90 Å². The van der Waals surface area contributed by atoms with Gasteiger partial charge in [-0.25, -0.2) is 0 Å². The summed E-state index contributed by atoms with van der Waals surface area (Å²) in [5.74, 6) is 2.01. The van der Waals surface area contributed by atoms with E-state index < -0.39 is 5.54 Å². The largest absolute Gasteiger partial charge is 0.493 e. The number of rotatable bonds is 3. The summed E-state index contributed by atoms with van der Waals surface area (Å²) >= 11 is 0. The number of ether oxygens (including phenoxy) is 2. The fourth-order valence-electron chi connectivity index (χ4n) is 4.41. The van der Waals surface area contributed by atoms with Crippen molar-refractivity contribution in [2.24, 2.45) is 4.99 Å². The number of hydrogen-bond acceptors (Lipinski definition) is 5. The second-order valence-electron chi connectivity index (χ2n) is 9.41. The van der Waals surface area contributed by atoms with E-state index >= 15 is 0 Å². The smallest absolute Gasteiger partial charge is 0.254 e. The van der Waals surface area contributed by atoms with E-state index in [4.69, 9.17) is 14.5 Å². The van der Waals surface area contributed by atoms with E-state index in [0.717, 1.165) is 30.1 Å². The molecule has 1 atom stereocenters. The number of benzene rings is 2. The molecule has 170 valence electrons. The van der Waals surface area contributed by atoms with Gasteiger partial charge in [0, 0.05) is 12.1 Å². The van der Waals surface area contributed by atoms with Gasteiger partial charge in [0.1, 0.15) is 11.4 Å². The highest BCUT2D eigenvalue weighted by Gasteiger charge is 2.45. The SMILES string of the molecule is COc1ccc(C(=O)N2CCCC3(C2)Nc2ccccc2NC3=NC(C)(C)C)cc1OC. The predicted octanol–water partition coefficient (Wildman–Crippen LogP) is 4.41. The number of nitrogens with zero attached hydrogens (tertiary/aromatic N) is 2. The summed E-state index contributed by atoms with van der Waals surface area (Å²) in [5, 5.41) is 7.29. The summed E-state index contributed by atoms with van der Waals surface area (Å²) in [6, 6.07) is 13.4. The zero-order chi connectivity index (χ0) is 22.9. The Morgan fingerprint density at radius 2 is 1.78 bits per heavy atom. The third-order valence-corrected chi connectivity index (χ3v) is 5.86. The Labute approximate surface area is 189 Å². The van der Waals surface area contributed by atoms with Gasteiger partial charge in [-0.1, -0.05) is 12.1 Å². The molecule has 1 fully saturated rings. The number of carbonyl (C=O) groups is 1. The monoisotopic (exact) mass is 436 g/mol. The fraction of sp³-hybridized carbons (Fsp3) is 0.440. The van der Waals surface area contributed by atoms with E-state index in [1.54, 1.807) is 32.4 Å². The summed E-state index contributed by atoms with van der Waals surface area (Å²) in [4.78, 5) is 20.4. The van der Waals surface area contributed by atoms with Gasteiger partial charge in [-0.2, -0.15) is 0 Å². The number of likely N-dealkylation sites (tertiary alicyclic amines) is 1. The first-order chi connectivity index (χ1) is 15.2. The molecule has 1 unspecified atom stereocenters. The van der Waals surface area contributed by atoms with Crippen molar-refractivity contribution in [3.05, 3.63) is 48.0 Å². The molecule has 1 amide bonds. The van der Waals surface area contributed by atoms with Crippen molar-refractivity contribution >= 4 is 23.1 Å². The Morgan fingerprint density at radius 3 is 2.47 bits per heavy atom. The molecule has 1 spiro atoms. The second kappa shape index (κ2) is 8.37. The number of para-hydroxylation sites is 2. The molecule has 2 aromatic carbocycles. The van der Waals surface area contributed by atoms with Crippen molar-refractivity contribution in [3.63, 3.8) is 0 Å². The lowest BCUT2D eigenvalue weighted by Gasteiger charge is -2.48. The number of amidine groups is 1. The van der Waals surface area contributed by atoms with Crippen LogP contribution in [-0.4, -0.2) is 55.0 Å². The Morgan fingerprint density at radius 1 is 1.06 bits per heavy atom. The van der Waals surface area contributed by atoms with Gasteiger partial charge in [0.15, 0.2) is 11.5 Å². The molecule has 2 heterocycles. The van der Waals surface area contributed by atoms with Gasteiger partial charge < -0.3 is 25.0 Å². The number of anilines is 2. The number of fused-ring (bicyclic) bond motifs is 1. The second-order valence-corrected chi connectivity index (χ2v) is 9.41. The van der Waals surface area contributed by atoms with Crippen LogP contribution in [0.4, 0.5) is 11.4 Å². The van der Waals surface area contributed by atoms with Crippen molar-refractivity contribution in [2.75, 3.05) is 37.9 Å². The lowest BCUT2D eigenvalue weighted by molar-refractivity contribution is 0.0694. The topological polar surface area (TPSA) is 75.2 Å². The van der Waals surface area contributed by atoms with Crippen LogP contribution in [0.15, 0.2) is 47.5 Å². The van der Waals surface area contributed by atoms with Gasteiger partial charge in [-0.05, 0) is 63.9 Å². The minimum absolute atomic E-state index is 0.0270. The zero-order valence-electron chi connectivity index (χ0n) is 19.5. The normalized spacial score (nSPS) is 21.5. The van der Waals surface area contributed by atoms with Crippen LogP contribution in [0, 0.1) is 0 Å². The van der Waals surface area contributed by atoms with Crippen LogP contribution < -0.4 is 20.1 Å². The average molecular weight is 437 g/mol. The lowest BCUT2D eigenvalue weighted by atomic mass is 9.84. The highest BCUT2D eigenvalue weighted by Crippen LogP contribution is 2.37. The first kappa shape index (κ1) is 22.0. The molecule has 0 bridgehead atoms. The van der Waals surface area contributed by atoms with E-state index in [1.807, 2.05) is 23.1 Å². The van der Waals surface area contributed by atoms with Crippen molar-refractivity contribution in [2.45, 2.75) is 44.7 Å². The van der Waals surface area contributed by atoms with Crippen LogP contribution in [0.1, 0.15) is 44.0 Å². The minimum Gasteiger partial charge on any atom is -0.493 e. The Hall–Kier alpha value is -3.22. The number of hydrogen-bond donors (Lipinski definition) is 2. The maximum absolute atomic E-state index is 13.5. The molecule has 2 N–H and O–H groups in total. The van der Waals surface area contributed by atoms with Crippen molar-refractivity contribution < 1.29 is 14.3 Å². The number of methoxy groups -OCH3 is 2. The minimum atomic E-state index is -0.466. The van der Waals surface area contributed by atoms with Crippen LogP contribution >= 0.6 is 0 Å². The molecular weight excluding hydrogens is 404 g/mol. The molecule has 7 nitrogen and oxygen atoms in total. The molecule has 2 aliphatic heterocycles. The molecule has 0 saturated carbocycles. The van der Waals surface area contributed by atoms with E-state index in [1.165, 1.54) is 0 Å². The molecule has 7 heteroatoms. The van der Waals surface area contributed by atoms with Crippen LogP contribution in [-0.2, 0) is 0 Å². The van der Waals surface area contributed by atoms with Gasteiger partial charge >= 0.3 is 0 Å². The number of carbonyl (C=O) groups excluding carboxylic acids is 1. The number of piperidine rings is 1. The molecule has 2 aliphatic rings. The van der Waals surface area contributed by atoms with Crippen LogP contribution in [0.3, 0.4) is 0 Å². The van der Waals surface area contributed by atoms with Crippen LogP contribution in [0.25, 0.3) is 0 Å². The Bertz CT molecular complexity index is 1040. The summed E-state index contributed by atoms with van der Waals surface area (Å²) in [5.41, 5.74) is 1.90. The van der Waals surface area contributed by atoms with Crippen LogP contribution in [0.5, 0.6) is 11.5 Å². The van der Waals surface area contributed by atoms with Gasteiger partial charge in [0.2, 0.25) is 0 Å². The summed E-state index contributed by atoms with van der Waals surface area (Å²) in [6.45, 7) is 7.49. The van der Waals surface area contributed by atoms with E-state index in [-0.39, 0.29) is 11.4 Å². The average Bonchev–Trinajstić information content (AvgIpc) is 2.78. The molecule has 2 aromatic rings. The molecule has 0 aromatic heterocycles. The molecule has 0 radical (unpaired) electrons. The predicted molar refractivity (Wildman–Crippen MR) is 128 cm³/mol. The third kappa shape index (κ3) is 4.24. The van der Waals surface area contributed by atoms with Gasteiger partial charge in [0.05, 0.1) is 37.7 Å². The highest BCUT2D eigenvalue weighted by molar-refractivity contribution is 6.10. The summed E-state index contributed by atoms with van der Waals surface area (Å²) in [7, 11) is 3.16. The lowest BCUT2D eigenvalue weighted by Crippen LogP contribution is -2.63. The fourth-order valence-corrected chi connectivity index (χ4v) is 4.41. The maximum atomic E-state index is 13.5. The van der Waals surface area contributed by atoms with Gasteiger partial charge in [0.25, 0.3) is 5.91 Å². The molecular formula is C25H32N4O3. The zero-order valence-corrected chi connectivity index (χ0v) is 19.5. The summed E-state index contributed by atoms with van der Waals surface area (Å²) < 4.78 is 10.7.